The first kappa shape index (κ1) is 16.4. The van der Waals surface area contributed by atoms with Gasteiger partial charge in [0.15, 0.2) is 0 Å². The average molecular weight is 353 g/mol. The predicted octanol–water partition coefficient (Wildman–Crippen LogP) is 3.39. The number of rotatable bonds is 4. The van der Waals surface area contributed by atoms with Crippen molar-refractivity contribution < 1.29 is 9.18 Å². The van der Waals surface area contributed by atoms with Crippen molar-refractivity contribution in [2.75, 3.05) is 6.54 Å². The van der Waals surface area contributed by atoms with Crippen LogP contribution in [0.5, 0.6) is 0 Å². The van der Waals surface area contributed by atoms with Gasteiger partial charge in [0.05, 0.1) is 24.0 Å². The highest BCUT2D eigenvalue weighted by Gasteiger charge is 2.30. The minimum atomic E-state index is -0.282. The van der Waals surface area contributed by atoms with Crippen LogP contribution < -0.4 is 5.32 Å². The van der Waals surface area contributed by atoms with Crippen molar-refractivity contribution in [3.8, 4) is 5.69 Å². The smallest absolute Gasteiger partial charge is 0.318 e. The Kier molecular flexibility index (Phi) is 4.43. The molecule has 4 rings (SSSR count). The van der Waals surface area contributed by atoms with Crippen LogP contribution in [0.25, 0.3) is 5.69 Å². The van der Waals surface area contributed by atoms with Crippen LogP contribution in [0.2, 0.25) is 0 Å². The first-order chi connectivity index (χ1) is 12.7. The Morgan fingerprint density at radius 3 is 2.88 bits per heavy atom. The SMILES string of the molecule is O=C(NCc1ccn(-c2ccc(F)cc2)n1)N1CCC[C@H]1c1ccc[nH]1. The molecule has 3 aromatic rings. The number of amides is 2. The summed E-state index contributed by atoms with van der Waals surface area (Å²) in [6.45, 7) is 1.10. The summed E-state index contributed by atoms with van der Waals surface area (Å²) in [6, 6.07) is 11.9. The zero-order chi connectivity index (χ0) is 17.9. The second kappa shape index (κ2) is 7.03. The van der Waals surface area contributed by atoms with E-state index >= 15 is 0 Å². The fraction of sp³-hybridized carbons (Fsp3) is 0.263. The fourth-order valence-electron chi connectivity index (χ4n) is 3.35. The summed E-state index contributed by atoms with van der Waals surface area (Å²) in [5.74, 6) is -0.282. The molecule has 1 atom stereocenters. The Hall–Kier alpha value is -3.09. The molecule has 2 N–H and O–H groups in total. The third kappa shape index (κ3) is 3.33. The summed E-state index contributed by atoms with van der Waals surface area (Å²) >= 11 is 0. The Morgan fingerprint density at radius 1 is 1.27 bits per heavy atom. The first-order valence-electron chi connectivity index (χ1n) is 8.69. The van der Waals surface area contributed by atoms with Crippen LogP contribution in [-0.2, 0) is 6.54 Å². The number of hydrogen-bond acceptors (Lipinski definition) is 2. The summed E-state index contributed by atoms with van der Waals surface area (Å²) in [4.78, 5) is 17.6. The van der Waals surface area contributed by atoms with Crippen LogP contribution in [0, 0.1) is 5.82 Å². The Morgan fingerprint density at radius 2 is 2.12 bits per heavy atom. The molecule has 0 bridgehead atoms. The molecule has 0 saturated carbocycles. The van der Waals surface area contributed by atoms with Gasteiger partial charge in [0, 0.05) is 24.6 Å². The Balaban J connectivity index is 1.38. The number of nitrogens with zero attached hydrogens (tertiary/aromatic N) is 3. The van der Waals surface area contributed by atoms with E-state index in [1.165, 1.54) is 12.1 Å². The summed E-state index contributed by atoms with van der Waals surface area (Å²) in [6.07, 6.45) is 5.64. The predicted molar refractivity (Wildman–Crippen MR) is 95.2 cm³/mol. The van der Waals surface area contributed by atoms with Crippen LogP contribution in [0.4, 0.5) is 9.18 Å². The summed E-state index contributed by atoms with van der Waals surface area (Å²) < 4.78 is 14.7. The highest BCUT2D eigenvalue weighted by molar-refractivity contribution is 5.75. The lowest BCUT2D eigenvalue weighted by molar-refractivity contribution is 0.191. The largest absolute Gasteiger partial charge is 0.363 e. The molecule has 2 aromatic heterocycles. The van der Waals surface area contributed by atoms with Crippen molar-refractivity contribution in [3.63, 3.8) is 0 Å². The van der Waals surface area contributed by atoms with Gasteiger partial charge in [-0.05, 0) is 55.3 Å². The van der Waals surface area contributed by atoms with Gasteiger partial charge in [-0.15, -0.1) is 0 Å². The summed E-state index contributed by atoms with van der Waals surface area (Å²) in [5.41, 5.74) is 2.59. The molecule has 1 fully saturated rings. The topological polar surface area (TPSA) is 66.0 Å². The minimum absolute atomic E-state index is 0.0848. The fourth-order valence-corrected chi connectivity index (χ4v) is 3.35. The van der Waals surface area contributed by atoms with Crippen LogP contribution in [0.15, 0.2) is 54.9 Å². The lowest BCUT2D eigenvalue weighted by Gasteiger charge is -2.24. The molecule has 0 spiro atoms. The number of aromatic nitrogens is 3. The molecular formula is C19H20FN5O. The number of carbonyl (C=O) groups excluding carboxylic acids is 1. The van der Waals surface area contributed by atoms with Crippen molar-refractivity contribution in [1.82, 2.24) is 25.0 Å². The molecule has 6 nitrogen and oxygen atoms in total. The van der Waals surface area contributed by atoms with E-state index in [9.17, 15) is 9.18 Å². The van der Waals surface area contributed by atoms with E-state index in [0.29, 0.717) is 6.54 Å². The van der Waals surface area contributed by atoms with Gasteiger partial charge in [-0.25, -0.2) is 13.9 Å². The second-order valence-corrected chi connectivity index (χ2v) is 6.36. The maximum Gasteiger partial charge on any atom is 0.318 e. The van der Waals surface area contributed by atoms with E-state index < -0.39 is 0 Å². The average Bonchev–Trinajstić information content (AvgIpc) is 3.40. The highest BCUT2D eigenvalue weighted by Crippen LogP contribution is 2.30. The van der Waals surface area contributed by atoms with Crippen LogP contribution in [0.3, 0.4) is 0 Å². The number of nitrogens with one attached hydrogen (secondary N) is 2. The van der Waals surface area contributed by atoms with Gasteiger partial charge in [0.2, 0.25) is 0 Å². The van der Waals surface area contributed by atoms with E-state index in [-0.39, 0.29) is 17.9 Å². The molecule has 0 radical (unpaired) electrons. The lowest BCUT2D eigenvalue weighted by Crippen LogP contribution is -2.39. The van der Waals surface area contributed by atoms with Crippen LogP contribution in [0.1, 0.15) is 30.3 Å². The van der Waals surface area contributed by atoms with E-state index in [2.05, 4.69) is 15.4 Å². The number of H-pyrrole nitrogens is 1. The summed E-state index contributed by atoms with van der Waals surface area (Å²) in [5, 5.41) is 7.38. The molecule has 2 amide bonds. The van der Waals surface area contributed by atoms with Crippen LogP contribution >= 0.6 is 0 Å². The number of hydrogen-bond donors (Lipinski definition) is 2. The molecule has 7 heteroatoms. The normalized spacial score (nSPS) is 16.8. The van der Waals surface area contributed by atoms with Gasteiger partial charge >= 0.3 is 6.03 Å². The van der Waals surface area contributed by atoms with E-state index in [0.717, 1.165) is 36.5 Å². The number of likely N-dealkylation sites (tertiary alicyclic amines) is 1. The van der Waals surface area contributed by atoms with Gasteiger partial charge < -0.3 is 15.2 Å². The van der Waals surface area contributed by atoms with Gasteiger partial charge in [-0.1, -0.05) is 0 Å². The monoisotopic (exact) mass is 353 g/mol. The first-order valence-corrected chi connectivity index (χ1v) is 8.69. The Labute approximate surface area is 150 Å². The van der Waals surface area contributed by atoms with E-state index in [4.69, 9.17) is 0 Å². The number of benzene rings is 1. The van der Waals surface area contributed by atoms with Gasteiger partial charge in [0.1, 0.15) is 5.82 Å². The summed E-state index contributed by atoms with van der Waals surface area (Å²) in [7, 11) is 0. The van der Waals surface area contributed by atoms with Crippen molar-refractivity contribution >= 4 is 6.03 Å². The molecule has 1 aliphatic rings. The number of halogens is 1. The molecule has 1 aliphatic heterocycles. The molecule has 1 saturated heterocycles. The highest BCUT2D eigenvalue weighted by atomic mass is 19.1. The number of urea groups is 1. The lowest BCUT2D eigenvalue weighted by atomic mass is 10.1. The number of carbonyl (C=O) groups is 1. The quantitative estimate of drug-likeness (QED) is 0.755. The molecule has 26 heavy (non-hydrogen) atoms. The molecule has 134 valence electrons. The van der Waals surface area contributed by atoms with Crippen LogP contribution in [-0.4, -0.2) is 32.2 Å². The molecule has 0 unspecified atom stereocenters. The zero-order valence-corrected chi connectivity index (χ0v) is 14.2. The standard InChI is InChI=1S/C19H20FN5O/c20-14-5-7-16(8-6-14)25-12-9-15(23-25)13-22-19(26)24-11-2-4-18(24)17-3-1-10-21-17/h1,3,5-10,12,18,21H,2,4,11,13H2,(H,22,26)/t18-/m0/s1. The zero-order valence-electron chi connectivity index (χ0n) is 14.2. The van der Waals surface area contributed by atoms with Crippen molar-refractivity contribution in [2.45, 2.75) is 25.4 Å². The van der Waals surface area contributed by atoms with Crippen molar-refractivity contribution in [3.05, 3.63) is 72.1 Å². The van der Waals surface area contributed by atoms with Crippen molar-refractivity contribution in [2.24, 2.45) is 0 Å². The van der Waals surface area contributed by atoms with Gasteiger partial charge in [-0.2, -0.15) is 5.10 Å². The second-order valence-electron chi connectivity index (χ2n) is 6.36. The van der Waals surface area contributed by atoms with Gasteiger partial charge in [0.25, 0.3) is 0 Å². The maximum absolute atomic E-state index is 13.0. The van der Waals surface area contributed by atoms with E-state index in [1.807, 2.05) is 29.3 Å². The van der Waals surface area contributed by atoms with Gasteiger partial charge in [-0.3, -0.25) is 0 Å². The molecule has 0 aliphatic carbocycles. The maximum atomic E-state index is 13.0. The third-order valence-corrected chi connectivity index (χ3v) is 4.65. The van der Waals surface area contributed by atoms with Crippen molar-refractivity contribution in [1.29, 1.82) is 0 Å². The molecule has 3 heterocycles. The van der Waals surface area contributed by atoms with E-state index in [1.54, 1.807) is 23.0 Å². The Bertz CT molecular complexity index is 872. The third-order valence-electron chi connectivity index (χ3n) is 4.65. The molecular weight excluding hydrogens is 333 g/mol. The minimum Gasteiger partial charge on any atom is -0.363 e. The number of aromatic amines is 1. The molecule has 1 aromatic carbocycles.